The molecule has 1 N–H and O–H groups in total. The number of aliphatic hydroxyl groups excluding tert-OH is 1. The first-order valence-corrected chi connectivity index (χ1v) is 8.92. The summed E-state index contributed by atoms with van der Waals surface area (Å²) >= 11 is 0. The average molecular weight is 336 g/mol. The maximum absolute atomic E-state index is 10.1. The number of anilines is 1. The van der Waals surface area contributed by atoms with Gasteiger partial charge in [0.2, 0.25) is 0 Å². The van der Waals surface area contributed by atoms with Crippen LogP contribution in [0.25, 0.3) is 0 Å². The fourth-order valence-electron chi connectivity index (χ4n) is 3.23. The van der Waals surface area contributed by atoms with Gasteiger partial charge >= 0.3 is 0 Å². The molecule has 0 bridgehead atoms. The molecule has 1 aromatic rings. The fraction of sp³-hybridized carbons (Fsp3) is 0.778. The van der Waals surface area contributed by atoms with E-state index in [0.717, 1.165) is 43.3 Å². The summed E-state index contributed by atoms with van der Waals surface area (Å²) in [6, 6.07) is 2.56. The van der Waals surface area contributed by atoms with Crippen LogP contribution in [0.15, 0.2) is 6.07 Å². The van der Waals surface area contributed by atoms with Crippen molar-refractivity contribution in [1.82, 2.24) is 14.9 Å². The molecule has 2 rings (SSSR count). The van der Waals surface area contributed by atoms with E-state index in [0.29, 0.717) is 19.2 Å². The first kappa shape index (κ1) is 19.1. The van der Waals surface area contributed by atoms with Crippen molar-refractivity contribution in [3.8, 4) is 0 Å². The zero-order chi connectivity index (χ0) is 17.7. The van der Waals surface area contributed by atoms with Crippen molar-refractivity contribution in [1.29, 1.82) is 0 Å². The summed E-state index contributed by atoms with van der Waals surface area (Å²) in [4.78, 5) is 13.5. The monoisotopic (exact) mass is 336 g/mol. The number of aliphatic hydroxyl groups is 1. The van der Waals surface area contributed by atoms with Gasteiger partial charge in [-0.25, -0.2) is 9.97 Å². The minimum Gasteiger partial charge on any atom is -0.389 e. The van der Waals surface area contributed by atoms with E-state index in [2.05, 4.69) is 32.9 Å². The molecule has 6 nitrogen and oxygen atoms in total. The Morgan fingerprint density at radius 2 is 1.96 bits per heavy atom. The van der Waals surface area contributed by atoms with Gasteiger partial charge in [0.15, 0.2) is 0 Å². The van der Waals surface area contributed by atoms with Crippen LogP contribution in [0.1, 0.15) is 38.2 Å². The number of nitrogens with zero attached hydrogens (tertiary/aromatic N) is 4. The van der Waals surface area contributed by atoms with Crippen molar-refractivity contribution in [2.24, 2.45) is 0 Å². The van der Waals surface area contributed by atoms with Gasteiger partial charge < -0.3 is 19.6 Å². The Hall–Kier alpha value is -1.24. The van der Waals surface area contributed by atoms with Crippen molar-refractivity contribution in [2.45, 2.75) is 58.8 Å². The molecule has 1 aliphatic heterocycles. The third-order valence-electron chi connectivity index (χ3n) is 4.48. The normalized spacial score (nSPS) is 17.8. The Labute approximate surface area is 145 Å². The Morgan fingerprint density at radius 1 is 1.29 bits per heavy atom. The van der Waals surface area contributed by atoms with Crippen LogP contribution in [-0.2, 0) is 4.74 Å². The Balaban J connectivity index is 1.81. The van der Waals surface area contributed by atoms with Crippen LogP contribution in [0, 0.1) is 13.8 Å². The van der Waals surface area contributed by atoms with Crippen LogP contribution in [0.2, 0.25) is 0 Å². The lowest BCUT2D eigenvalue weighted by Crippen LogP contribution is -2.46. The summed E-state index contributed by atoms with van der Waals surface area (Å²) in [5.74, 6) is 1.86. The van der Waals surface area contributed by atoms with Crippen molar-refractivity contribution in [2.75, 3.05) is 38.2 Å². The van der Waals surface area contributed by atoms with E-state index in [-0.39, 0.29) is 6.10 Å². The summed E-state index contributed by atoms with van der Waals surface area (Å²) < 4.78 is 5.49. The van der Waals surface area contributed by atoms with E-state index in [1.54, 1.807) is 0 Å². The van der Waals surface area contributed by atoms with Gasteiger partial charge in [-0.05, 0) is 47.6 Å². The van der Waals surface area contributed by atoms with Gasteiger partial charge in [-0.15, -0.1) is 0 Å². The van der Waals surface area contributed by atoms with Gasteiger partial charge in [0.1, 0.15) is 11.6 Å². The molecule has 1 unspecified atom stereocenters. The molecule has 1 aromatic heterocycles. The summed E-state index contributed by atoms with van der Waals surface area (Å²) in [5, 5.41) is 10.1. The van der Waals surface area contributed by atoms with Gasteiger partial charge in [0.25, 0.3) is 0 Å². The van der Waals surface area contributed by atoms with Gasteiger partial charge in [-0.3, -0.25) is 0 Å². The predicted molar refractivity (Wildman–Crippen MR) is 96.5 cm³/mol. The van der Waals surface area contributed by atoms with Crippen LogP contribution < -0.4 is 4.90 Å². The second-order valence-electron chi connectivity index (χ2n) is 7.11. The van der Waals surface area contributed by atoms with Gasteiger partial charge in [-0.1, -0.05) is 0 Å². The number of hydrogen-bond acceptors (Lipinski definition) is 6. The lowest BCUT2D eigenvalue weighted by Gasteiger charge is -2.38. The Bertz CT molecular complexity index is 495. The number of aromatic nitrogens is 2. The van der Waals surface area contributed by atoms with E-state index in [9.17, 15) is 5.11 Å². The van der Waals surface area contributed by atoms with E-state index in [1.165, 1.54) is 0 Å². The van der Waals surface area contributed by atoms with Crippen molar-refractivity contribution in [3.05, 3.63) is 17.6 Å². The molecular weight excluding hydrogens is 304 g/mol. The van der Waals surface area contributed by atoms with Crippen LogP contribution in [0.4, 0.5) is 5.82 Å². The predicted octanol–water partition coefficient (Wildman–Crippen LogP) is 1.78. The summed E-state index contributed by atoms with van der Waals surface area (Å²) in [6.07, 6.45) is 1.89. The first-order chi connectivity index (χ1) is 11.3. The highest BCUT2D eigenvalue weighted by Crippen LogP contribution is 2.21. The van der Waals surface area contributed by atoms with E-state index < -0.39 is 6.10 Å². The molecule has 0 saturated carbocycles. The highest BCUT2D eigenvalue weighted by atomic mass is 16.5. The molecule has 24 heavy (non-hydrogen) atoms. The van der Waals surface area contributed by atoms with Gasteiger partial charge in [0, 0.05) is 37.4 Å². The third-order valence-corrected chi connectivity index (χ3v) is 4.48. The van der Waals surface area contributed by atoms with E-state index in [4.69, 9.17) is 4.74 Å². The van der Waals surface area contributed by atoms with Crippen LogP contribution >= 0.6 is 0 Å². The molecule has 0 aliphatic carbocycles. The molecule has 1 atom stereocenters. The number of aryl methyl sites for hydroxylation is 2. The van der Waals surface area contributed by atoms with E-state index >= 15 is 0 Å². The molecule has 6 heteroatoms. The molecule has 0 aromatic carbocycles. The molecule has 0 spiro atoms. The number of rotatable bonds is 7. The summed E-state index contributed by atoms with van der Waals surface area (Å²) in [6.45, 7) is 11.0. The largest absolute Gasteiger partial charge is 0.389 e. The molecule has 2 heterocycles. The lowest BCUT2D eigenvalue weighted by atomic mass is 10.0. The first-order valence-electron chi connectivity index (χ1n) is 8.92. The lowest BCUT2D eigenvalue weighted by molar-refractivity contribution is -0.0114. The van der Waals surface area contributed by atoms with Crippen LogP contribution in [-0.4, -0.2) is 71.5 Å². The molecule has 1 saturated heterocycles. The second kappa shape index (κ2) is 8.74. The summed E-state index contributed by atoms with van der Waals surface area (Å²) in [5.41, 5.74) is 1.02. The molecule has 0 radical (unpaired) electrons. The van der Waals surface area contributed by atoms with E-state index in [1.807, 2.05) is 27.7 Å². The fourth-order valence-corrected chi connectivity index (χ4v) is 3.23. The number of ether oxygens (including phenoxy) is 1. The zero-order valence-electron chi connectivity index (χ0n) is 15.7. The second-order valence-corrected chi connectivity index (χ2v) is 7.11. The topological polar surface area (TPSA) is 61.7 Å². The zero-order valence-corrected chi connectivity index (χ0v) is 15.7. The van der Waals surface area contributed by atoms with Crippen molar-refractivity contribution >= 4 is 5.82 Å². The standard InChI is InChI=1S/C18H32N4O2/c1-13(2)24-12-17(23)11-21(5)16-6-8-22(9-7-16)18-10-14(3)19-15(4)20-18/h10,13,16-17,23H,6-9,11-12H2,1-5H3. The SMILES string of the molecule is Cc1cc(N2CCC(N(C)CC(O)COC(C)C)CC2)nc(C)n1. The van der Waals surface area contributed by atoms with Crippen LogP contribution in [0.3, 0.4) is 0 Å². The maximum atomic E-state index is 10.1. The molecule has 136 valence electrons. The van der Waals surface area contributed by atoms with Crippen molar-refractivity contribution < 1.29 is 9.84 Å². The smallest absolute Gasteiger partial charge is 0.132 e. The quantitative estimate of drug-likeness (QED) is 0.819. The molecule has 1 fully saturated rings. The van der Waals surface area contributed by atoms with Gasteiger partial charge in [-0.2, -0.15) is 0 Å². The highest BCUT2D eigenvalue weighted by molar-refractivity contribution is 5.40. The minimum atomic E-state index is -0.428. The number of hydrogen-bond donors (Lipinski definition) is 1. The average Bonchev–Trinajstić information content (AvgIpc) is 2.52. The third kappa shape index (κ3) is 5.69. The minimum absolute atomic E-state index is 0.160. The molecule has 1 aliphatic rings. The molecule has 0 amide bonds. The highest BCUT2D eigenvalue weighted by Gasteiger charge is 2.24. The van der Waals surface area contributed by atoms with Crippen molar-refractivity contribution in [3.63, 3.8) is 0 Å². The summed E-state index contributed by atoms with van der Waals surface area (Å²) in [7, 11) is 2.10. The van der Waals surface area contributed by atoms with Gasteiger partial charge in [0.05, 0.1) is 18.8 Å². The number of piperidine rings is 1. The molecular formula is C18H32N4O2. The Morgan fingerprint density at radius 3 is 2.54 bits per heavy atom. The Kier molecular flexibility index (Phi) is 6.95. The number of likely N-dealkylation sites (N-methyl/N-ethyl adjacent to an activating group) is 1. The maximum Gasteiger partial charge on any atom is 0.132 e. The van der Waals surface area contributed by atoms with Crippen LogP contribution in [0.5, 0.6) is 0 Å².